The number of hydrogen-bond donors (Lipinski definition) is 0. The van der Waals surface area contributed by atoms with Crippen molar-refractivity contribution in [1.82, 2.24) is 9.55 Å². The van der Waals surface area contributed by atoms with Crippen LogP contribution in [0.4, 0.5) is 0 Å². The normalized spacial score (nSPS) is 11.0. The molecule has 0 aromatic carbocycles. The minimum absolute atomic E-state index is 0.0561. The van der Waals surface area contributed by atoms with Crippen LogP contribution in [0.15, 0.2) is 10.9 Å². The summed E-state index contributed by atoms with van der Waals surface area (Å²) in [4.78, 5) is 17.2. The Morgan fingerprint density at radius 2 is 2.15 bits per heavy atom. The molecule has 4 heteroatoms. The number of aromatic nitrogens is 2. The molecule has 3 nitrogen and oxygen atoms in total. The number of aryl methyl sites for hydroxylation is 2. The van der Waals surface area contributed by atoms with Gasteiger partial charge in [0.1, 0.15) is 10.5 Å². The largest absolute Gasteiger partial charge is 0.299 e. The lowest BCUT2D eigenvalue weighted by Gasteiger charge is -2.00. The van der Waals surface area contributed by atoms with Crippen molar-refractivity contribution in [2.24, 2.45) is 7.05 Å². The molecule has 0 aliphatic carbocycles. The van der Waals surface area contributed by atoms with Gasteiger partial charge in [0.2, 0.25) is 0 Å². The molecule has 0 spiro atoms. The van der Waals surface area contributed by atoms with Gasteiger partial charge in [-0.05, 0) is 19.9 Å². The highest BCUT2D eigenvalue weighted by Gasteiger charge is 2.07. The molecule has 0 aliphatic heterocycles. The Kier molecular flexibility index (Phi) is 1.73. The van der Waals surface area contributed by atoms with Gasteiger partial charge in [0.25, 0.3) is 5.56 Å². The van der Waals surface area contributed by atoms with Crippen molar-refractivity contribution in [1.29, 1.82) is 0 Å². The Morgan fingerprint density at radius 1 is 1.46 bits per heavy atom. The van der Waals surface area contributed by atoms with Crippen LogP contribution in [0.5, 0.6) is 0 Å². The number of hydrogen-bond acceptors (Lipinski definition) is 3. The van der Waals surface area contributed by atoms with E-state index in [1.54, 1.807) is 11.6 Å². The van der Waals surface area contributed by atoms with E-state index in [1.807, 2.05) is 19.9 Å². The second kappa shape index (κ2) is 2.67. The number of fused-ring (bicyclic) bond motifs is 1. The van der Waals surface area contributed by atoms with Crippen LogP contribution in [0.1, 0.15) is 10.7 Å². The van der Waals surface area contributed by atoms with Gasteiger partial charge >= 0.3 is 0 Å². The fraction of sp³-hybridized carbons (Fsp3) is 0.333. The maximum absolute atomic E-state index is 11.7. The van der Waals surface area contributed by atoms with Gasteiger partial charge in [-0.3, -0.25) is 9.36 Å². The van der Waals surface area contributed by atoms with E-state index in [-0.39, 0.29) is 5.56 Å². The van der Waals surface area contributed by atoms with Gasteiger partial charge < -0.3 is 0 Å². The zero-order valence-electron chi connectivity index (χ0n) is 7.79. The third kappa shape index (κ3) is 1.18. The number of thiophene rings is 1. The lowest BCUT2D eigenvalue weighted by Crippen LogP contribution is -2.19. The summed E-state index contributed by atoms with van der Waals surface area (Å²) in [7, 11) is 1.75. The quantitative estimate of drug-likeness (QED) is 0.638. The van der Waals surface area contributed by atoms with Crippen molar-refractivity contribution in [2.75, 3.05) is 0 Å². The van der Waals surface area contributed by atoms with Gasteiger partial charge in [-0.15, -0.1) is 11.3 Å². The Bertz CT molecular complexity index is 524. The summed E-state index contributed by atoms with van der Waals surface area (Å²) >= 11 is 1.51. The molecule has 2 aromatic heterocycles. The molecule has 0 saturated carbocycles. The van der Waals surface area contributed by atoms with E-state index in [0.717, 1.165) is 20.9 Å². The predicted octanol–water partition coefficient (Wildman–Crippen LogP) is 1.61. The van der Waals surface area contributed by atoms with E-state index >= 15 is 0 Å². The molecule has 0 radical (unpaired) electrons. The third-order valence-electron chi connectivity index (χ3n) is 2.10. The van der Waals surface area contributed by atoms with Gasteiger partial charge in [-0.25, -0.2) is 4.98 Å². The summed E-state index contributed by atoms with van der Waals surface area (Å²) in [6.07, 6.45) is 0. The van der Waals surface area contributed by atoms with Crippen LogP contribution in [0.2, 0.25) is 0 Å². The Morgan fingerprint density at radius 3 is 2.85 bits per heavy atom. The lowest BCUT2D eigenvalue weighted by atomic mass is 10.4. The van der Waals surface area contributed by atoms with Crippen molar-refractivity contribution in [3.05, 3.63) is 27.1 Å². The Labute approximate surface area is 79.7 Å². The van der Waals surface area contributed by atoms with Crippen LogP contribution in [0.25, 0.3) is 10.2 Å². The molecule has 13 heavy (non-hydrogen) atoms. The predicted molar refractivity (Wildman–Crippen MR) is 54.3 cm³/mol. The second-order valence-corrected chi connectivity index (χ2v) is 4.35. The van der Waals surface area contributed by atoms with E-state index < -0.39 is 0 Å². The van der Waals surface area contributed by atoms with Crippen LogP contribution >= 0.6 is 11.3 Å². The van der Waals surface area contributed by atoms with Crippen LogP contribution in [0.3, 0.4) is 0 Å². The van der Waals surface area contributed by atoms with Crippen molar-refractivity contribution in [2.45, 2.75) is 13.8 Å². The number of rotatable bonds is 0. The molecule has 0 atom stereocenters. The summed E-state index contributed by atoms with van der Waals surface area (Å²) in [6, 6.07) is 1.95. The first kappa shape index (κ1) is 8.44. The van der Waals surface area contributed by atoms with Crippen LogP contribution in [0, 0.1) is 13.8 Å². The summed E-state index contributed by atoms with van der Waals surface area (Å²) in [6.45, 7) is 3.83. The smallest absolute Gasteiger partial charge is 0.271 e. The fourth-order valence-electron chi connectivity index (χ4n) is 1.29. The van der Waals surface area contributed by atoms with Crippen LogP contribution in [-0.2, 0) is 7.05 Å². The SMILES string of the molecule is Cc1cc2nc(C)n(C)c(=O)c2s1. The summed E-state index contributed by atoms with van der Waals surface area (Å²) in [5.74, 6) is 0.760. The van der Waals surface area contributed by atoms with Gasteiger partial charge in [-0.1, -0.05) is 0 Å². The molecule has 0 bridgehead atoms. The summed E-state index contributed by atoms with van der Waals surface area (Å²) in [5, 5.41) is 0. The molecular formula is C9H10N2OS. The van der Waals surface area contributed by atoms with E-state index in [0.29, 0.717) is 0 Å². The van der Waals surface area contributed by atoms with Crippen LogP contribution < -0.4 is 5.56 Å². The molecule has 2 rings (SSSR count). The minimum Gasteiger partial charge on any atom is -0.299 e. The van der Waals surface area contributed by atoms with Crippen molar-refractivity contribution in [3.63, 3.8) is 0 Å². The highest BCUT2D eigenvalue weighted by molar-refractivity contribution is 7.18. The highest BCUT2D eigenvalue weighted by Crippen LogP contribution is 2.19. The van der Waals surface area contributed by atoms with E-state index in [2.05, 4.69) is 4.98 Å². The van der Waals surface area contributed by atoms with Crippen molar-refractivity contribution < 1.29 is 0 Å². The molecule has 0 amide bonds. The van der Waals surface area contributed by atoms with Gasteiger partial charge in [0.15, 0.2) is 0 Å². The van der Waals surface area contributed by atoms with E-state index in [1.165, 1.54) is 11.3 Å². The fourth-order valence-corrected chi connectivity index (χ4v) is 2.21. The van der Waals surface area contributed by atoms with Crippen LogP contribution in [-0.4, -0.2) is 9.55 Å². The molecule has 0 unspecified atom stereocenters. The van der Waals surface area contributed by atoms with E-state index in [4.69, 9.17) is 0 Å². The van der Waals surface area contributed by atoms with Crippen molar-refractivity contribution >= 4 is 21.6 Å². The average molecular weight is 194 g/mol. The first-order chi connectivity index (χ1) is 6.09. The first-order valence-electron chi connectivity index (χ1n) is 4.03. The average Bonchev–Trinajstić information content (AvgIpc) is 2.42. The lowest BCUT2D eigenvalue weighted by molar-refractivity contribution is 0.794. The summed E-state index contributed by atoms with van der Waals surface area (Å²) < 4.78 is 2.34. The maximum Gasteiger partial charge on any atom is 0.271 e. The monoisotopic (exact) mass is 194 g/mol. The number of nitrogens with zero attached hydrogens (tertiary/aromatic N) is 2. The molecule has 0 fully saturated rings. The zero-order valence-corrected chi connectivity index (χ0v) is 8.60. The topological polar surface area (TPSA) is 34.9 Å². The standard InChI is InChI=1S/C9H10N2OS/c1-5-4-7-8(13-5)9(12)11(3)6(2)10-7/h4H,1-3H3. The molecule has 0 N–H and O–H groups in total. The molecule has 0 saturated heterocycles. The molecule has 2 heterocycles. The van der Waals surface area contributed by atoms with Gasteiger partial charge in [0, 0.05) is 11.9 Å². The highest BCUT2D eigenvalue weighted by atomic mass is 32.1. The first-order valence-corrected chi connectivity index (χ1v) is 4.85. The van der Waals surface area contributed by atoms with Gasteiger partial charge in [-0.2, -0.15) is 0 Å². The molecule has 2 aromatic rings. The van der Waals surface area contributed by atoms with Crippen molar-refractivity contribution in [3.8, 4) is 0 Å². The molecule has 0 aliphatic rings. The second-order valence-electron chi connectivity index (χ2n) is 3.09. The van der Waals surface area contributed by atoms with E-state index in [9.17, 15) is 4.79 Å². The minimum atomic E-state index is 0.0561. The Hall–Kier alpha value is -1.16. The molecular weight excluding hydrogens is 184 g/mol. The van der Waals surface area contributed by atoms with Gasteiger partial charge in [0.05, 0.1) is 5.52 Å². The maximum atomic E-state index is 11.7. The summed E-state index contributed by atoms with van der Waals surface area (Å²) in [5.41, 5.74) is 0.878. The third-order valence-corrected chi connectivity index (χ3v) is 3.13. The zero-order chi connectivity index (χ0) is 9.59. The Balaban J connectivity index is 3.01. The molecule has 68 valence electrons.